The molecule has 0 aliphatic heterocycles. The Morgan fingerprint density at radius 3 is 2.45 bits per heavy atom. The molecule has 11 heteroatoms. The number of aromatic nitrogens is 3. The third-order valence-electron chi connectivity index (χ3n) is 4.59. The van der Waals surface area contributed by atoms with Gasteiger partial charge in [0.25, 0.3) is 0 Å². The van der Waals surface area contributed by atoms with E-state index in [0.29, 0.717) is 16.8 Å². The van der Waals surface area contributed by atoms with E-state index in [2.05, 4.69) is 25.6 Å². The van der Waals surface area contributed by atoms with Crippen LogP contribution in [0.15, 0.2) is 60.8 Å². The van der Waals surface area contributed by atoms with Crippen molar-refractivity contribution in [1.82, 2.24) is 15.0 Å². The van der Waals surface area contributed by atoms with Crippen molar-refractivity contribution in [2.75, 3.05) is 17.7 Å². The predicted molar refractivity (Wildman–Crippen MR) is 115 cm³/mol. The quantitative estimate of drug-likeness (QED) is 0.397. The molecule has 4 rings (SSSR count). The minimum absolute atomic E-state index is 0.00706. The lowest BCUT2D eigenvalue weighted by molar-refractivity contribution is -0.137. The zero-order valence-electron chi connectivity index (χ0n) is 17.0. The minimum Gasteiger partial charge on any atom is -0.504 e. The van der Waals surface area contributed by atoms with E-state index in [0.717, 1.165) is 24.3 Å². The number of benzene rings is 2. The van der Waals surface area contributed by atoms with Gasteiger partial charge in [-0.2, -0.15) is 13.2 Å². The number of rotatable bonds is 4. The van der Waals surface area contributed by atoms with Gasteiger partial charge in [-0.25, -0.2) is 19.7 Å². The molecule has 168 valence electrons. The van der Waals surface area contributed by atoms with E-state index in [1.807, 2.05) is 0 Å². The van der Waals surface area contributed by atoms with E-state index in [9.17, 15) is 23.1 Å². The lowest BCUT2D eigenvalue weighted by Crippen LogP contribution is -2.20. The van der Waals surface area contributed by atoms with Crippen LogP contribution in [0.3, 0.4) is 0 Å². The summed E-state index contributed by atoms with van der Waals surface area (Å²) in [6.45, 7) is 0. The molecular formula is C22H16F3N5O3. The van der Waals surface area contributed by atoms with Crippen molar-refractivity contribution in [3.63, 3.8) is 0 Å². The molecule has 0 atom stereocenters. The van der Waals surface area contributed by atoms with Crippen molar-refractivity contribution in [3.05, 3.63) is 66.4 Å². The molecule has 0 bridgehead atoms. The minimum atomic E-state index is -4.46. The standard InChI is InChI=1S/C22H16F3N5O3/c1-33-18-10-12(2-9-17(18)31)15-7-8-16-20(28-15)29-19(11-26-16)30-21(32)27-14-5-3-13(4-6-14)22(23,24)25/h2-11,31H,1H3,(H2,27,28,29,30,32). The van der Waals surface area contributed by atoms with Gasteiger partial charge in [0.1, 0.15) is 5.52 Å². The number of urea groups is 1. The van der Waals surface area contributed by atoms with Crippen LogP contribution in [0.25, 0.3) is 22.4 Å². The van der Waals surface area contributed by atoms with Gasteiger partial charge >= 0.3 is 12.2 Å². The van der Waals surface area contributed by atoms with Crippen molar-refractivity contribution in [2.45, 2.75) is 6.18 Å². The highest BCUT2D eigenvalue weighted by molar-refractivity contribution is 5.99. The molecule has 0 fully saturated rings. The van der Waals surface area contributed by atoms with Gasteiger partial charge in [0.15, 0.2) is 23.0 Å². The van der Waals surface area contributed by atoms with Crippen LogP contribution in [0.5, 0.6) is 11.5 Å². The lowest BCUT2D eigenvalue weighted by Gasteiger charge is -2.10. The number of alkyl halides is 3. The number of carbonyl (C=O) groups excluding carboxylic acids is 1. The number of hydrogen-bond acceptors (Lipinski definition) is 6. The van der Waals surface area contributed by atoms with E-state index < -0.39 is 17.8 Å². The van der Waals surface area contributed by atoms with Crippen molar-refractivity contribution in [2.24, 2.45) is 0 Å². The van der Waals surface area contributed by atoms with Crippen LogP contribution >= 0.6 is 0 Å². The monoisotopic (exact) mass is 455 g/mol. The Morgan fingerprint density at radius 2 is 1.76 bits per heavy atom. The molecule has 3 N–H and O–H groups in total. The van der Waals surface area contributed by atoms with Crippen molar-refractivity contribution >= 4 is 28.7 Å². The molecule has 2 amide bonds. The summed E-state index contributed by atoms with van der Waals surface area (Å²) in [5.41, 5.74) is 1.32. The zero-order valence-corrected chi connectivity index (χ0v) is 17.0. The number of hydrogen-bond donors (Lipinski definition) is 3. The van der Waals surface area contributed by atoms with Gasteiger partial charge in [0.05, 0.1) is 24.6 Å². The molecule has 0 aliphatic carbocycles. The first-order valence-corrected chi connectivity index (χ1v) is 9.49. The number of methoxy groups -OCH3 is 1. The van der Waals surface area contributed by atoms with E-state index in [-0.39, 0.29) is 28.7 Å². The van der Waals surface area contributed by atoms with E-state index in [4.69, 9.17) is 4.74 Å². The molecule has 0 radical (unpaired) electrons. The number of phenolic OH excluding ortho intramolecular Hbond substituents is 1. The number of fused-ring (bicyclic) bond motifs is 1. The van der Waals surface area contributed by atoms with Crippen LogP contribution in [-0.4, -0.2) is 33.2 Å². The van der Waals surface area contributed by atoms with Gasteiger partial charge in [0, 0.05) is 11.3 Å². The Morgan fingerprint density at radius 1 is 1.00 bits per heavy atom. The number of halogens is 3. The maximum Gasteiger partial charge on any atom is 0.416 e. The summed E-state index contributed by atoms with van der Waals surface area (Å²) >= 11 is 0. The van der Waals surface area contributed by atoms with Crippen molar-refractivity contribution in [3.8, 4) is 22.8 Å². The first-order chi connectivity index (χ1) is 15.7. The molecule has 2 aromatic heterocycles. The zero-order chi connectivity index (χ0) is 23.6. The lowest BCUT2D eigenvalue weighted by atomic mass is 10.1. The van der Waals surface area contributed by atoms with Crippen LogP contribution in [0, 0.1) is 0 Å². The number of phenols is 1. The largest absolute Gasteiger partial charge is 0.504 e. The Bertz CT molecular complexity index is 1330. The molecule has 2 heterocycles. The van der Waals surface area contributed by atoms with Gasteiger partial charge in [-0.15, -0.1) is 0 Å². The van der Waals surface area contributed by atoms with E-state index >= 15 is 0 Å². The van der Waals surface area contributed by atoms with Gasteiger partial charge in [0.2, 0.25) is 0 Å². The van der Waals surface area contributed by atoms with E-state index in [1.165, 1.54) is 19.4 Å². The predicted octanol–water partition coefficient (Wildman–Crippen LogP) is 5.07. The Balaban J connectivity index is 1.52. The summed E-state index contributed by atoms with van der Waals surface area (Å²) in [7, 11) is 1.44. The summed E-state index contributed by atoms with van der Waals surface area (Å²) in [6.07, 6.45) is -3.13. The van der Waals surface area contributed by atoms with Gasteiger partial charge in [-0.1, -0.05) is 0 Å². The number of pyridine rings is 1. The topological polar surface area (TPSA) is 109 Å². The number of aromatic hydroxyl groups is 1. The Kier molecular flexibility index (Phi) is 5.69. The average molecular weight is 455 g/mol. The first kappa shape index (κ1) is 21.8. The van der Waals surface area contributed by atoms with Gasteiger partial charge in [-0.3, -0.25) is 5.32 Å². The Labute approximate surface area is 185 Å². The fraction of sp³-hybridized carbons (Fsp3) is 0.0909. The first-order valence-electron chi connectivity index (χ1n) is 9.49. The second-order valence-electron chi connectivity index (χ2n) is 6.84. The summed E-state index contributed by atoms with van der Waals surface area (Å²) < 4.78 is 43.1. The molecule has 0 aliphatic rings. The van der Waals surface area contributed by atoms with Crippen LogP contribution < -0.4 is 15.4 Å². The SMILES string of the molecule is COc1cc(-c2ccc3ncc(NC(=O)Nc4ccc(C(F)(F)F)cc4)nc3n2)ccc1O. The van der Waals surface area contributed by atoms with Gasteiger partial charge in [-0.05, 0) is 54.6 Å². The normalized spacial score (nSPS) is 11.3. The van der Waals surface area contributed by atoms with Gasteiger partial charge < -0.3 is 15.2 Å². The number of carbonyl (C=O) groups is 1. The fourth-order valence-corrected chi connectivity index (χ4v) is 2.98. The molecule has 33 heavy (non-hydrogen) atoms. The molecule has 0 unspecified atom stereocenters. The van der Waals surface area contributed by atoms with Crippen molar-refractivity contribution in [1.29, 1.82) is 0 Å². The third-order valence-corrected chi connectivity index (χ3v) is 4.59. The summed E-state index contributed by atoms with van der Waals surface area (Å²) in [5, 5.41) is 14.7. The molecule has 2 aromatic carbocycles. The summed E-state index contributed by atoms with van der Waals surface area (Å²) in [4.78, 5) is 25.1. The number of anilines is 2. The van der Waals surface area contributed by atoms with Crippen LogP contribution in [0.1, 0.15) is 5.56 Å². The molecule has 0 saturated carbocycles. The average Bonchev–Trinajstić information content (AvgIpc) is 2.78. The highest BCUT2D eigenvalue weighted by atomic mass is 19.4. The second kappa shape index (κ2) is 8.61. The fourth-order valence-electron chi connectivity index (χ4n) is 2.98. The maximum absolute atomic E-state index is 12.7. The molecule has 8 nitrogen and oxygen atoms in total. The Hall–Kier alpha value is -4.41. The molecule has 4 aromatic rings. The van der Waals surface area contributed by atoms with Crippen LogP contribution in [0.2, 0.25) is 0 Å². The summed E-state index contributed by atoms with van der Waals surface area (Å²) in [6, 6.07) is 11.5. The third kappa shape index (κ3) is 4.92. The van der Waals surface area contributed by atoms with E-state index in [1.54, 1.807) is 24.3 Å². The van der Waals surface area contributed by atoms with Crippen LogP contribution in [0.4, 0.5) is 29.5 Å². The number of nitrogens with one attached hydrogen (secondary N) is 2. The second-order valence-corrected chi connectivity index (χ2v) is 6.84. The van der Waals surface area contributed by atoms with Crippen LogP contribution in [-0.2, 0) is 6.18 Å². The molecule has 0 saturated heterocycles. The molecular weight excluding hydrogens is 439 g/mol. The van der Waals surface area contributed by atoms with Crippen molar-refractivity contribution < 1.29 is 27.8 Å². The highest BCUT2D eigenvalue weighted by Crippen LogP contribution is 2.31. The maximum atomic E-state index is 12.7. The molecule has 0 spiro atoms. The summed E-state index contributed by atoms with van der Waals surface area (Å²) in [5.74, 6) is 0.378. The highest BCUT2D eigenvalue weighted by Gasteiger charge is 2.30. The number of ether oxygens (including phenoxy) is 1. The number of nitrogens with zero attached hydrogens (tertiary/aromatic N) is 3. The smallest absolute Gasteiger partial charge is 0.416 e. The number of amides is 2.